The fourth-order valence-corrected chi connectivity index (χ4v) is 3.91. The van der Waals surface area contributed by atoms with Gasteiger partial charge in [0.25, 0.3) is 0 Å². The largest absolute Gasteiger partial charge is 0.454 e. The van der Waals surface area contributed by atoms with Gasteiger partial charge < -0.3 is 19.3 Å². The Morgan fingerprint density at radius 3 is 2.58 bits per heavy atom. The van der Waals surface area contributed by atoms with Gasteiger partial charge in [-0.25, -0.2) is 0 Å². The number of aromatic nitrogens is 1. The number of hydrogen-bond acceptors (Lipinski definition) is 5. The van der Waals surface area contributed by atoms with Crippen molar-refractivity contribution >= 4 is 22.9 Å². The molecule has 0 unspecified atom stereocenters. The first kappa shape index (κ1) is 17.1. The van der Waals surface area contributed by atoms with E-state index in [4.69, 9.17) is 21.7 Å². The van der Waals surface area contributed by atoms with E-state index in [1.54, 1.807) is 0 Å². The lowest BCUT2D eigenvalue weighted by atomic mass is 10.1. The van der Waals surface area contributed by atoms with Gasteiger partial charge in [-0.05, 0) is 43.7 Å². The van der Waals surface area contributed by atoms with Crippen molar-refractivity contribution in [1.29, 1.82) is 0 Å². The standard InChI is InChI=1S/C20H23N3O2S/c1-14-9-15(2)21-16(10-14)11-20(26)23-7-5-22(6-8-23)17-3-4-18-19(12-17)25-13-24-18/h3-4,9-10,12H,5-8,11,13H2,1-2H3. The van der Waals surface area contributed by atoms with E-state index in [1.165, 1.54) is 11.3 Å². The lowest BCUT2D eigenvalue weighted by molar-refractivity contribution is 0.174. The monoisotopic (exact) mass is 369 g/mol. The number of nitrogens with zero attached hydrogens (tertiary/aromatic N) is 3. The summed E-state index contributed by atoms with van der Waals surface area (Å²) < 4.78 is 10.9. The molecule has 2 aliphatic heterocycles. The fourth-order valence-electron chi connectivity index (χ4n) is 3.58. The van der Waals surface area contributed by atoms with Gasteiger partial charge in [-0.1, -0.05) is 12.2 Å². The van der Waals surface area contributed by atoms with Crippen molar-refractivity contribution < 1.29 is 9.47 Å². The minimum Gasteiger partial charge on any atom is -0.454 e. The normalized spacial score (nSPS) is 16.1. The lowest BCUT2D eigenvalue weighted by Crippen LogP contribution is -2.48. The minimum absolute atomic E-state index is 0.313. The Morgan fingerprint density at radius 1 is 1.04 bits per heavy atom. The van der Waals surface area contributed by atoms with E-state index in [9.17, 15) is 0 Å². The van der Waals surface area contributed by atoms with Gasteiger partial charge in [-0.15, -0.1) is 0 Å². The summed E-state index contributed by atoms with van der Waals surface area (Å²) >= 11 is 5.69. The highest BCUT2D eigenvalue weighted by Gasteiger charge is 2.21. The van der Waals surface area contributed by atoms with Crippen LogP contribution in [0.1, 0.15) is 17.0 Å². The van der Waals surface area contributed by atoms with Crippen LogP contribution in [0.3, 0.4) is 0 Å². The number of aryl methyl sites for hydroxylation is 2. The Balaban J connectivity index is 1.36. The van der Waals surface area contributed by atoms with Crippen molar-refractivity contribution in [3.05, 3.63) is 47.3 Å². The van der Waals surface area contributed by atoms with Gasteiger partial charge >= 0.3 is 0 Å². The molecule has 136 valence electrons. The molecule has 26 heavy (non-hydrogen) atoms. The lowest BCUT2D eigenvalue weighted by Gasteiger charge is -2.37. The topological polar surface area (TPSA) is 37.8 Å². The van der Waals surface area contributed by atoms with Crippen LogP contribution >= 0.6 is 12.2 Å². The zero-order valence-electron chi connectivity index (χ0n) is 15.2. The van der Waals surface area contributed by atoms with Crippen LogP contribution in [-0.2, 0) is 6.42 Å². The Kier molecular flexibility index (Phi) is 4.68. The van der Waals surface area contributed by atoms with Crippen LogP contribution in [0.15, 0.2) is 30.3 Å². The summed E-state index contributed by atoms with van der Waals surface area (Å²) in [6, 6.07) is 10.4. The predicted molar refractivity (Wildman–Crippen MR) is 106 cm³/mol. The third-order valence-corrected chi connectivity index (χ3v) is 5.24. The Labute approximate surface area is 159 Å². The number of fused-ring (bicyclic) bond motifs is 1. The molecule has 0 saturated carbocycles. The summed E-state index contributed by atoms with van der Waals surface area (Å²) in [5, 5.41) is 0. The van der Waals surface area contributed by atoms with Crippen LogP contribution < -0.4 is 14.4 Å². The maximum Gasteiger partial charge on any atom is 0.231 e. The van der Waals surface area contributed by atoms with E-state index in [0.717, 1.165) is 60.5 Å². The van der Waals surface area contributed by atoms with E-state index in [1.807, 2.05) is 13.0 Å². The molecule has 0 N–H and O–H groups in total. The first-order valence-corrected chi connectivity index (χ1v) is 9.36. The molecule has 0 atom stereocenters. The second kappa shape index (κ2) is 7.11. The Hall–Kier alpha value is -2.34. The molecule has 1 fully saturated rings. The average molecular weight is 369 g/mol. The molecule has 2 aromatic rings. The molecule has 2 aliphatic rings. The van der Waals surface area contributed by atoms with Crippen molar-refractivity contribution in [2.24, 2.45) is 0 Å². The van der Waals surface area contributed by atoms with Crippen molar-refractivity contribution in [2.45, 2.75) is 20.3 Å². The van der Waals surface area contributed by atoms with E-state index in [-0.39, 0.29) is 0 Å². The zero-order chi connectivity index (χ0) is 18.1. The van der Waals surface area contributed by atoms with Crippen LogP contribution in [0, 0.1) is 13.8 Å². The van der Waals surface area contributed by atoms with Crippen LogP contribution in [0.25, 0.3) is 0 Å². The van der Waals surface area contributed by atoms with Crippen molar-refractivity contribution in [3.63, 3.8) is 0 Å². The molecule has 0 spiro atoms. The fraction of sp³-hybridized carbons (Fsp3) is 0.400. The summed E-state index contributed by atoms with van der Waals surface area (Å²) in [4.78, 5) is 10.3. The number of hydrogen-bond donors (Lipinski definition) is 0. The summed E-state index contributed by atoms with van der Waals surface area (Å²) in [6.07, 6.45) is 0.738. The average Bonchev–Trinajstić information content (AvgIpc) is 3.08. The summed E-state index contributed by atoms with van der Waals surface area (Å²) in [7, 11) is 0. The smallest absolute Gasteiger partial charge is 0.231 e. The molecule has 1 saturated heterocycles. The number of thiocarbonyl (C=S) groups is 1. The summed E-state index contributed by atoms with van der Waals surface area (Å²) in [5.41, 5.74) is 4.53. The SMILES string of the molecule is Cc1cc(C)nc(CC(=S)N2CCN(c3ccc4c(c3)OCO4)CC2)c1. The van der Waals surface area contributed by atoms with Crippen LogP contribution in [0.2, 0.25) is 0 Å². The van der Waals surface area contributed by atoms with E-state index < -0.39 is 0 Å². The Bertz CT molecular complexity index is 812. The molecule has 0 radical (unpaired) electrons. The molecule has 1 aromatic carbocycles. The van der Waals surface area contributed by atoms with Crippen molar-refractivity contribution in [3.8, 4) is 11.5 Å². The first-order chi connectivity index (χ1) is 12.6. The Morgan fingerprint density at radius 2 is 1.81 bits per heavy atom. The highest BCUT2D eigenvalue weighted by Crippen LogP contribution is 2.35. The zero-order valence-corrected chi connectivity index (χ0v) is 16.0. The van der Waals surface area contributed by atoms with Crippen LogP contribution in [0.5, 0.6) is 11.5 Å². The van der Waals surface area contributed by atoms with E-state index >= 15 is 0 Å². The second-order valence-corrected chi connectivity index (χ2v) is 7.33. The molecule has 5 nitrogen and oxygen atoms in total. The highest BCUT2D eigenvalue weighted by atomic mass is 32.1. The number of rotatable bonds is 3. The number of anilines is 1. The molecule has 6 heteroatoms. The molecule has 0 bridgehead atoms. The number of pyridine rings is 1. The van der Waals surface area contributed by atoms with E-state index in [0.29, 0.717) is 6.79 Å². The van der Waals surface area contributed by atoms with Gasteiger partial charge in [-0.3, -0.25) is 4.98 Å². The van der Waals surface area contributed by atoms with Crippen molar-refractivity contribution in [2.75, 3.05) is 37.9 Å². The predicted octanol–water partition coefficient (Wildman–Crippen LogP) is 3.12. The van der Waals surface area contributed by atoms with Gasteiger partial charge in [0.2, 0.25) is 6.79 Å². The molecule has 1 aromatic heterocycles. The maximum atomic E-state index is 5.69. The van der Waals surface area contributed by atoms with Gasteiger partial charge in [0.05, 0.1) is 4.99 Å². The summed E-state index contributed by atoms with van der Waals surface area (Å²) in [5.74, 6) is 1.66. The third-order valence-electron chi connectivity index (χ3n) is 4.84. The number of ether oxygens (including phenoxy) is 2. The van der Waals surface area contributed by atoms with Crippen molar-refractivity contribution in [1.82, 2.24) is 9.88 Å². The van der Waals surface area contributed by atoms with Crippen LogP contribution in [-0.4, -0.2) is 47.8 Å². The minimum atomic E-state index is 0.313. The molecule has 0 amide bonds. The molecule has 0 aliphatic carbocycles. The second-order valence-electron chi connectivity index (χ2n) is 6.86. The highest BCUT2D eigenvalue weighted by molar-refractivity contribution is 7.80. The van der Waals surface area contributed by atoms with E-state index in [2.05, 4.69) is 46.0 Å². The van der Waals surface area contributed by atoms with Crippen LogP contribution in [0.4, 0.5) is 5.69 Å². The number of piperazine rings is 1. The maximum absolute atomic E-state index is 5.69. The molecular weight excluding hydrogens is 346 g/mol. The quantitative estimate of drug-likeness (QED) is 0.774. The van der Waals surface area contributed by atoms with Gasteiger partial charge in [0.15, 0.2) is 11.5 Å². The van der Waals surface area contributed by atoms with Gasteiger partial charge in [-0.2, -0.15) is 0 Å². The number of benzene rings is 1. The summed E-state index contributed by atoms with van der Waals surface area (Å²) in [6.45, 7) is 8.19. The molecular formula is C20H23N3O2S. The third kappa shape index (κ3) is 3.60. The van der Waals surface area contributed by atoms with Gasteiger partial charge in [0.1, 0.15) is 0 Å². The first-order valence-electron chi connectivity index (χ1n) is 8.95. The molecule has 4 rings (SSSR count). The molecule has 3 heterocycles. The van der Waals surface area contributed by atoms with Gasteiger partial charge in [0, 0.05) is 55.7 Å².